The van der Waals surface area contributed by atoms with Crippen molar-refractivity contribution in [2.45, 2.75) is 24.5 Å². The highest BCUT2D eigenvalue weighted by Gasteiger charge is 2.35. The molecule has 106 valence electrons. The molecule has 1 aliphatic rings. The smallest absolute Gasteiger partial charge is 0.254 e. The van der Waals surface area contributed by atoms with Crippen LogP contribution in [-0.4, -0.2) is 34.9 Å². The highest BCUT2D eigenvalue weighted by Crippen LogP contribution is 2.34. The predicted molar refractivity (Wildman–Crippen MR) is 85.9 cm³/mol. The third-order valence-electron chi connectivity index (χ3n) is 3.88. The minimum absolute atomic E-state index is 0.0662. The fourth-order valence-corrected chi connectivity index (χ4v) is 3.47. The molecule has 0 N–H and O–H groups in total. The normalized spacial score (nSPS) is 17.6. The van der Waals surface area contributed by atoms with Crippen molar-refractivity contribution in [3.8, 4) is 6.07 Å². The zero-order chi connectivity index (χ0) is 14.8. The number of likely N-dealkylation sites (tertiary alicyclic amines) is 1. The highest BCUT2D eigenvalue weighted by molar-refractivity contribution is 9.10. The summed E-state index contributed by atoms with van der Waals surface area (Å²) in [6.45, 7) is 3.25. The molecule has 1 heterocycles. The van der Waals surface area contributed by atoms with Gasteiger partial charge < -0.3 is 4.90 Å². The van der Waals surface area contributed by atoms with E-state index in [2.05, 4.69) is 22.0 Å². The van der Waals surface area contributed by atoms with E-state index >= 15 is 0 Å². The molecule has 0 bridgehead atoms. The van der Waals surface area contributed by atoms with Crippen molar-refractivity contribution in [1.29, 1.82) is 5.26 Å². The number of hydrogen-bond acceptors (Lipinski definition) is 3. The van der Waals surface area contributed by atoms with Crippen molar-refractivity contribution in [3.05, 3.63) is 33.8 Å². The molecule has 0 unspecified atom stereocenters. The molecule has 0 aliphatic carbocycles. The second-order valence-corrected chi connectivity index (χ2v) is 7.17. The Kier molecular flexibility index (Phi) is 4.77. The molecule has 2 rings (SSSR count). The van der Waals surface area contributed by atoms with E-state index < -0.39 is 0 Å². The van der Waals surface area contributed by atoms with E-state index in [1.54, 1.807) is 11.8 Å². The molecule has 20 heavy (non-hydrogen) atoms. The summed E-state index contributed by atoms with van der Waals surface area (Å²) in [7, 11) is 0. The van der Waals surface area contributed by atoms with Crippen LogP contribution in [0.5, 0.6) is 0 Å². The second-order valence-electron chi connectivity index (χ2n) is 5.06. The number of nitrogens with zero attached hydrogens (tertiary/aromatic N) is 2. The number of rotatable bonds is 2. The van der Waals surface area contributed by atoms with Gasteiger partial charge in [-0.15, -0.1) is 11.8 Å². The third-order valence-corrected chi connectivity index (χ3v) is 5.66. The molecule has 1 aromatic rings. The molecule has 0 atom stereocenters. The van der Waals surface area contributed by atoms with Gasteiger partial charge in [-0.2, -0.15) is 5.26 Å². The molecule has 1 aliphatic heterocycles. The summed E-state index contributed by atoms with van der Waals surface area (Å²) < 4.78 is 0.599. The number of piperidine rings is 1. The zero-order valence-corrected chi connectivity index (χ0v) is 14.1. The first kappa shape index (κ1) is 15.4. The topological polar surface area (TPSA) is 44.1 Å². The Morgan fingerprint density at radius 1 is 1.45 bits per heavy atom. The molecule has 1 aromatic carbocycles. The molecule has 1 saturated heterocycles. The molecule has 0 spiro atoms. The van der Waals surface area contributed by atoms with Gasteiger partial charge in [-0.1, -0.05) is 22.0 Å². The molecule has 5 heteroatoms. The summed E-state index contributed by atoms with van der Waals surface area (Å²) in [5.41, 5.74) is 1.73. The van der Waals surface area contributed by atoms with Crippen molar-refractivity contribution in [1.82, 2.24) is 4.90 Å². The van der Waals surface area contributed by atoms with Crippen molar-refractivity contribution < 1.29 is 4.79 Å². The van der Waals surface area contributed by atoms with Gasteiger partial charge in [0.25, 0.3) is 5.91 Å². The predicted octanol–water partition coefficient (Wildman–Crippen LogP) is 3.62. The number of carbonyl (C=O) groups is 1. The van der Waals surface area contributed by atoms with Gasteiger partial charge in [0, 0.05) is 23.1 Å². The lowest BCUT2D eigenvalue weighted by Gasteiger charge is -2.36. The summed E-state index contributed by atoms with van der Waals surface area (Å²) in [6, 6.07) is 8.17. The van der Waals surface area contributed by atoms with Crippen LogP contribution in [0.4, 0.5) is 0 Å². The van der Waals surface area contributed by atoms with Crippen LogP contribution in [0.2, 0.25) is 0 Å². The monoisotopic (exact) mass is 352 g/mol. The van der Waals surface area contributed by atoms with Crippen LogP contribution in [0.3, 0.4) is 0 Å². The second kappa shape index (κ2) is 6.19. The van der Waals surface area contributed by atoms with E-state index in [-0.39, 0.29) is 10.7 Å². The summed E-state index contributed by atoms with van der Waals surface area (Å²) in [5, 5.41) is 9.28. The van der Waals surface area contributed by atoms with Gasteiger partial charge in [0.15, 0.2) is 0 Å². The molecule has 0 saturated carbocycles. The minimum atomic E-state index is -0.316. The Morgan fingerprint density at radius 3 is 2.65 bits per heavy atom. The lowest BCUT2D eigenvalue weighted by molar-refractivity contribution is 0.0716. The number of carbonyl (C=O) groups excluding carboxylic acids is 1. The Morgan fingerprint density at radius 2 is 2.10 bits per heavy atom. The number of thioether (sulfide) groups is 1. The van der Waals surface area contributed by atoms with Crippen molar-refractivity contribution in [2.24, 2.45) is 0 Å². The Balaban J connectivity index is 2.13. The average molecular weight is 353 g/mol. The number of benzene rings is 1. The Hall–Kier alpha value is -0.990. The number of halogens is 1. The van der Waals surface area contributed by atoms with E-state index in [1.165, 1.54) is 0 Å². The number of hydrogen-bond donors (Lipinski definition) is 0. The van der Waals surface area contributed by atoms with E-state index in [1.807, 2.05) is 36.3 Å². The first-order chi connectivity index (χ1) is 9.51. The number of nitriles is 1. The maximum absolute atomic E-state index is 12.6. The first-order valence-corrected chi connectivity index (χ1v) is 8.55. The van der Waals surface area contributed by atoms with Gasteiger partial charge in [-0.05, 0) is 43.7 Å². The van der Waals surface area contributed by atoms with Crippen LogP contribution in [0, 0.1) is 18.3 Å². The highest BCUT2D eigenvalue weighted by atomic mass is 79.9. The van der Waals surface area contributed by atoms with E-state index in [4.69, 9.17) is 0 Å². The van der Waals surface area contributed by atoms with Gasteiger partial charge in [-0.25, -0.2) is 0 Å². The van der Waals surface area contributed by atoms with Crippen molar-refractivity contribution >= 4 is 33.6 Å². The average Bonchev–Trinajstić information content (AvgIpc) is 2.49. The van der Waals surface area contributed by atoms with Gasteiger partial charge in [0.2, 0.25) is 0 Å². The standard InChI is InChI=1S/C15H17BrN2OS/c1-11-3-4-12(16)9-13(11)14(19)18-7-5-15(10-17,20-2)6-8-18/h3-4,9H,5-8H2,1-2H3. The fourth-order valence-electron chi connectivity index (χ4n) is 2.43. The van der Waals surface area contributed by atoms with Crippen molar-refractivity contribution in [2.75, 3.05) is 19.3 Å². The summed E-state index contributed by atoms with van der Waals surface area (Å²) in [4.78, 5) is 14.4. The van der Waals surface area contributed by atoms with Crippen LogP contribution in [-0.2, 0) is 0 Å². The molecular weight excluding hydrogens is 336 g/mol. The van der Waals surface area contributed by atoms with E-state index in [0.717, 1.165) is 28.4 Å². The van der Waals surface area contributed by atoms with E-state index in [9.17, 15) is 10.1 Å². The van der Waals surface area contributed by atoms with Crippen LogP contribution in [0.15, 0.2) is 22.7 Å². The Labute approximate surface area is 132 Å². The minimum Gasteiger partial charge on any atom is -0.338 e. The molecule has 1 amide bonds. The van der Waals surface area contributed by atoms with Crippen LogP contribution < -0.4 is 0 Å². The SMILES string of the molecule is CSC1(C#N)CCN(C(=O)c2cc(Br)ccc2C)CC1. The molecule has 3 nitrogen and oxygen atoms in total. The van der Waals surface area contributed by atoms with Crippen LogP contribution in [0.25, 0.3) is 0 Å². The quantitative estimate of drug-likeness (QED) is 0.816. The van der Waals surface area contributed by atoms with Gasteiger partial charge >= 0.3 is 0 Å². The maximum Gasteiger partial charge on any atom is 0.254 e. The summed E-state index contributed by atoms with van der Waals surface area (Å²) in [5.74, 6) is 0.0662. The lowest BCUT2D eigenvalue weighted by Crippen LogP contribution is -2.44. The molecule has 0 radical (unpaired) electrons. The number of amides is 1. The summed E-state index contributed by atoms with van der Waals surface area (Å²) in [6.07, 6.45) is 3.45. The van der Waals surface area contributed by atoms with Crippen LogP contribution in [0.1, 0.15) is 28.8 Å². The van der Waals surface area contributed by atoms with Crippen molar-refractivity contribution in [3.63, 3.8) is 0 Å². The largest absolute Gasteiger partial charge is 0.338 e. The zero-order valence-electron chi connectivity index (χ0n) is 11.6. The maximum atomic E-state index is 12.6. The lowest BCUT2D eigenvalue weighted by atomic mass is 9.96. The van der Waals surface area contributed by atoms with Gasteiger partial charge in [0.05, 0.1) is 6.07 Å². The molecular formula is C15H17BrN2OS. The Bertz CT molecular complexity index is 559. The third kappa shape index (κ3) is 3.02. The number of aryl methyl sites for hydroxylation is 1. The van der Waals surface area contributed by atoms with E-state index in [0.29, 0.717) is 13.1 Å². The molecule has 0 aromatic heterocycles. The first-order valence-electron chi connectivity index (χ1n) is 6.53. The van der Waals surface area contributed by atoms with Gasteiger partial charge in [0.1, 0.15) is 4.75 Å². The van der Waals surface area contributed by atoms with Crippen LogP contribution >= 0.6 is 27.7 Å². The molecule has 1 fully saturated rings. The fraction of sp³-hybridized carbons (Fsp3) is 0.467. The summed E-state index contributed by atoms with van der Waals surface area (Å²) >= 11 is 5.01. The van der Waals surface area contributed by atoms with Gasteiger partial charge in [-0.3, -0.25) is 4.79 Å².